The third-order valence-electron chi connectivity index (χ3n) is 3.92. The fraction of sp³-hybridized carbons (Fsp3) is 0.0952. The molecule has 0 aliphatic heterocycles. The highest BCUT2D eigenvalue weighted by Crippen LogP contribution is 2.36. The van der Waals surface area contributed by atoms with Crippen LogP contribution in [0.4, 0.5) is 8.78 Å². The highest BCUT2D eigenvalue weighted by atomic mass is 32.2. The summed E-state index contributed by atoms with van der Waals surface area (Å²) < 4.78 is 37.6. The predicted octanol–water partition coefficient (Wildman–Crippen LogP) is 5.93. The molecule has 138 valence electrons. The fourth-order valence-corrected chi connectivity index (χ4v) is 2.95. The van der Waals surface area contributed by atoms with Crippen LogP contribution in [0.3, 0.4) is 0 Å². The van der Waals surface area contributed by atoms with E-state index in [1.807, 2.05) is 30.5 Å². The summed E-state index contributed by atoms with van der Waals surface area (Å²) in [5.41, 5.74) is 1.76. The topological polar surface area (TPSA) is 35.5 Å². The minimum Gasteiger partial charge on any atom is -0.465 e. The number of methoxy groups -OCH3 is 1. The number of hydrogen-bond acceptors (Lipinski definition) is 4. The molecule has 3 aromatic rings. The lowest BCUT2D eigenvalue weighted by molar-refractivity contribution is 0.0600. The third kappa shape index (κ3) is 4.28. The van der Waals surface area contributed by atoms with Crippen molar-refractivity contribution < 1.29 is 23.0 Å². The summed E-state index contributed by atoms with van der Waals surface area (Å²) in [7, 11) is 1.28. The molecular formula is C21H16F2O3S. The lowest BCUT2D eigenvalue weighted by atomic mass is 10.0. The van der Waals surface area contributed by atoms with E-state index in [4.69, 9.17) is 9.47 Å². The van der Waals surface area contributed by atoms with Gasteiger partial charge in [0.05, 0.1) is 12.7 Å². The van der Waals surface area contributed by atoms with Gasteiger partial charge in [-0.2, -0.15) is 0 Å². The Kier molecular flexibility index (Phi) is 5.76. The first-order valence-corrected chi connectivity index (χ1v) is 9.24. The first-order chi connectivity index (χ1) is 13.0. The summed E-state index contributed by atoms with van der Waals surface area (Å²) in [5, 5.41) is 0. The van der Waals surface area contributed by atoms with Gasteiger partial charge in [0.1, 0.15) is 11.6 Å². The average Bonchev–Trinajstić information content (AvgIpc) is 2.69. The summed E-state index contributed by atoms with van der Waals surface area (Å²) in [6.07, 6.45) is 1.98. The molecule has 3 aromatic carbocycles. The molecule has 0 amide bonds. The number of ether oxygens (including phenoxy) is 2. The van der Waals surface area contributed by atoms with E-state index in [9.17, 15) is 13.6 Å². The lowest BCUT2D eigenvalue weighted by Gasteiger charge is -2.14. The van der Waals surface area contributed by atoms with Gasteiger partial charge in [-0.25, -0.2) is 13.6 Å². The molecule has 6 heteroatoms. The molecule has 0 aliphatic carbocycles. The van der Waals surface area contributed by atoms with Crippen molar-refractivity contribution in [1.82, 2.24) is 0 Å². The SMILES string of the molecule is COC(=O)c1ccc(-c2ccc(SC)cc2)c(Oc2ccc(F)cc2F)c1. The molecule has 0 spiro atoms. The molecule has 0 aliphatic rings. The van der Waals surface area contributed by atoms with Gasteiger partial charge in [-0.15, -0.1) is 11.8 Å². The molecule has 0 heterocycles. The van der Waals surface area contributed by atoms with Crippen LogP contribution >= 0.6 is 11.8 Å². The normalized spacial score (nSPS) is 10.5. The quantitative estimate of drug-likeness (QED) is 0.402. The van der Waals surface area contributed by atoms with E-state index in [0.29, 0.717) is 5.56 Å². The Morgan fingerprint density at radius 2 is 1.67 bits per heavy atom. The molecule has 0 saturated carbocycles. The van der Waals surface area contributed by atoms with E-state index in [-0.39, 0.29) is 17.1 Å². The Bertz CT molecular complexity index is 972. The number of rotatable bonds is 5. The van der Waals surface area contributed by atoms with Crippen LogP contribution in [0.15, 0.2) is 65.6 Å². The highest BCUT2D eigenvalue weighted by molar-refractivity contribution is 7.98. The zero-order valence-electron chi connectivity index (χ0n) is 14.7. The lowest BCUT2D eigenvalue weighted by Crippen LogP contribution is -2.02. The number of carbonyl (C=O) groups excluding carboxylic acids is 1. The fourth-order valence-electron chi connectivity index (χ4n) is 2.54. The van der Waals surface area contributed by atoms with Gasteiger partial charge in [-0.3, -0.25) is 0 Å². The first-order valence-electron chi connectivity index (χ1n) is 8.01. The Labute approximate surface area is 159 Å². The van der Waals surface area contributed by atoms with E-state index in [0.717, 1.165) is 22.6 Å². The van der Waals surface area contributed by atoms with Gasteiger partial charge < -0.3 is 9.47 Å². The minimum atomic E-state index is -0.831. The standard InChI is InChI=1S/C21H16F2O3S/c1-25-21(24)14-5-9-17(13-3-7-16(27-2)8-4-13)20(11-14)26-19-10-6-15(22)12-18(19)23/h3-12H,1-2H3. The van der Waals surface area contributed by atoms with Crippen molar-refractivity contribution in [3.05, 3.63) is 77.9 Å². The maximum absolute atomic E-state index is 14.0. The second-order valence-corrected chi connectivity index (χ2v) is 6.49. The summed E-state index contributed by atoms with van der Waals surface area (Å²) in [6.45, 7) is 0. The number of hydrogen-bond donors (Lipinski definition) is 0. The molecule has 0 fully saturated rings. The molecule has 0 atom stereocenters. The largest absolute Gasteiger partial charge is 0.465 e. The maximum atomic E-state index is 14.0. The predicted molar refractivity (Wildman–Crippen MR) is 101 cm³/mol. The number of thioether (sulfide) groups is 1. The number of esters is 1. The van der Waals surface area contributed by atoms with E-state index in [1.165, 1.54) is 19.2 Å². The molecule has 0 bridgehead atoms. The monoisotopic (exact) mass is 386 g/mol. The van der Waals surface area contributed by atoms with Gasteiger partial charge in [0.25, 0.3) is 0 Å². The summed E-state index contributed by atoms with van der Waals surface area (Å²) >= 11 is 1.61. The van der Waals surface area contributed by atoms with Gasteiger partial charge in [-0.05, 0) is 54.3 Å². The number of halogens is 2. The van der Waals surface area contributed by atoms with Crippen LogP contribution in [0.5, 0.6) is 11.5 Å². The van der Waals surface area contributed by atoms with Crippen LogP contribution in [0.2, 0.25) is 0 Å². The summed E-state index contributed by atoms with van der Waals surface area (Å²) in [5.74, 6) is -1.94. The van der Waals surface area contributed by atoms with Crippen LogP contribution in [-0.4, -0.2) is 19.3 Å². The van der Waals surface area contributed by atoms with Crippen LogP contribution in [0.1, 0.15) is 10.4 Å². The van der Waals surface area contributed by atoms with Crippen LogP contribution in [-0.2, 0) is 4.74 Å². The Morgan fingerprint density at radius 3 is 2.30 bits per heavy atom. The van der Waals surface area contributed by atoms with Crippen molar-refractivity contribution in [2.45, 2.75) is 4.90 Å². The van der Waals surface area contributed by atoms with Crippen molar-refractivity contribution in [3.63, 3.8) is 0 Å². The summed E-state index contributed by atoms with van der Waals surface area (Å²) in [4.78, 5) is 13.0. The third-order valence-corrected chi connectivity index (χ3v) is 4.66. The first kappa shape index (κ1) is 18.9. The van der Waals surface area contributed by atoms with Crippen LogP contribution in [0, 0.1) is 11.6 Å². The number of benzene rings is 3. The van der Waals surface area contributed by atoms with Crippen LogP contribution in [0.25, 0.3) is 11.1 Å². The molecule has 27 heavy (non-hydrogen) atoms. The molecule has 0 radical (unpaired) electrons. The molecule has 0 saturated heterocycles. The Hall–Kier alpha value is -2.86. The van der Waals surface area contributed by atoms with Crippen molar-refractivity contribution in [1.29, 1.82) is 0 Å². The van der Waals surface area contributed by atoms with Gasteiger partial charge in [-0.1, -0.05) is 12.1 Å². The van der Waals surface area contributed by atoms with Gasteiger partial charge in [0, 0.05) is 16.5 Å². The van der Waals surface area contributed by atoms with E-state index >= 15 is 0 Å². The van der Waals surface area contributed by atoms with Crippen LogP contribution < -0.4 is 4.74 Å². The molecule has 0 aromatic heterocycles. The molecular weight excluding hydrogens is 370 g/mol. The van der Waals surface area contributed by atoms with E-state index in [2.05, 4.69) is 0 Å². The average molecular weight is 386 g/mol. The number of carbonyl (C=O) groups is 1. The molecule has 3 rings (SSSR count). The Morgan fingerprint density at radius 1 is 0.926 bits per heavy atom. The molecule has 3 nitrogen and oxygen atoms in total. The molecule has 0 unspecified atom stereocenters. The van der Waals surface area contributed by atoms with E-state index < -0.39 is 17.6 Å². The second kappa shape index (κ2) is 8.22. The second-order valence-electron chi connectivity index (χ2n) is 5.61. The zero-order valence-corrected chi connectivity index (χ0v) is 15.5. The van der Waals surface area contributed by atoms with Crippen molar-refractivity contribution in [3.8, 4) is 22.6 Å². The van der Waals surface area contributed by atoms with Gasteiger partial charge in [0.2, 0.25) is 0 Å². The van der Waals surface area contributed by atoms with Crippen molar-refractivity contribution >= 4 is 17.7 Å². The van der Waals surface area contributed by atoms with E-state index in [1.54, 1.807) is 23.9 Å². The van der Waals surface area contributed by atoms with Crippen molar-refractivity contribution in [2.24, 2.45) is 0 Å². The van der Waals surface area contributed by atoms with Gasteiger partial charge >= 0.3 is 5.97 Å². The highest BCUT2D eigenvalue weighted by Gasteiger charge is 2.15. The maximum Gasteiger partial charge on any atom is 0.337 e. The summed E-state index contributed by atoms with van der Waals surface area (Å²) in [6, 6.07) is 15.6. The Balaban J connectivity index is 2.07. The van der Waals surface area contributed by atoms with Gasteiger partial charge in [0.15, 0.2) is 11.6 Å². The minimum absolute atomic E-state index is 0.139. The zero-order chi connectivity index (χ0) is 19.4. The smallest absolute Gasteiger partial charge is 0.337 e. The van der Waals surface area contributed by atoms with Crippen molar-refractivity contribution in [2.75, 3.05) is 13.4 Å². The molecule has 0 N–H and O–H groups in total.